The van der Waals surface area contributed by atoms with Gasteiger partial charge in [0, 0.05) is 12.1 Å². The van der Waals surface area contributed by atoms with Gasteiger partial charge in [0.15, 0.2) is 16.8 Å². The fourth-order valence-corrected chi connectivity index (χ4v) is 0.715. The molecule has 0 spiro atoms. The fourth-order valence-electron chi connectivity index (χ4n) is 0.715. The molecule has 0 aliphatic carbocycles. The molecule has 64 valence electrons. The first-order chi connectivity index (χ1) is 5.65. The molecule has 6 heteroatoms. The van der Waals surface area contributed by atoms with Crippen LogP contribution in [-0.4, -0.2) is 15.3 Å². The van der Waals surface area contributed by atoms with Crippen molar-refractivity contribution in [2.45, 2.75) is 0 Å². The minimum atomic E-state index is -0.563. The van der Waals surface area contributed by atoms with Crippen molar-refractivity contribution in [3.8, 4) is 23.0 Å². The van der Waals surface area contributed by atoms with Crippen LogP contribution in [0.5, 0.6) is 23.0 Å². The van der Waals surface area contributed by atoms with Gasteiger partial charge in [0.1, 0.15) is 5.75 Å². The van der Waals surface area contributed by atoms with Crippen molar-refractivity contribution < 1.29 is 20.2 Å². The standard InChI is InChI=1S/C6H5NO5/c8-3-1-4(9)6(12-7-11)5(10)2-3/h1-2,8-10H. The largest absolute Gasteiger partial charge is 0.508 e. The van der Waals surface area contributed by atoms with E-state index in [1.165, 1.54) is 0 Å². The van der Waals surface area contributed by atoms with Crippen LogP contribution in [0, 0.1) is 4.91 Å². The third kappa shape index (κ3) is 1.36. The Kier molecular flexibility index (Phi) is 2.00. The molecule has 1 rings (SSSR count). The van der Waals surface area contributed by atoms with E-state index in [4.69, 9.17) is 15.3 Å². The maximum absolute atomic E-state index is 9.61. The van der Waals surface area contributed by atoms with E-state index in [0.717, 1.165) is 12.1 Å². The molecule has 1 aromatic rings. The van der Waals surface area contributed by atoms with Crippen molar-refractivity contribution in [2.75, 3.05) is 0 Å². The Morgan fingerprint density at radius 3 is 2.08 bits per heavy atom. The SMILES string of the molecule is O=NOc1c(O)cc(O)cc1O. The van der Waals surface area contributed by atoms with E-state index in [-0.39, 0.29) is 5.75 Å². The molecule has 3 N–H and O–H groups in total. The molecule has 0 aliphatic rings. The average Bonchev–Trinajstić information content (AvgIpc) is 1.96. The lowest BCUT2D eigenvalue weighted by atomic mass is 10.3. The second-order valence-corrected chi connectivity index (χ2v) is 1.98. The van der Waals surface area contributed by atoms with Crippen LogP contribution < -0.4 is 4.84 Å². The van der Waals surface area contributed by atoms with Gasteiger partial charge in [0.2, 0.25) is 5.75 Å². The number of rotatable bonds is 2. The van der Waals surface area contributed by atoms with Gasteiger partial charge in [-0.3, -0.25) is 0 Å². The molecule has 0 fully saturated rings. The van der Waals surface area contributed by atoms with E-state index in [0.29, 0.717) is 0 Å². The zero-order chi connectivity index (χ0) is 9.14. The smallest absolute Gasteiger partial charge is 0.244 e. The maximum atomic E-state index is 9.61. The van der Waals surface area contributed by atoms with Crippen molar-refractivity contribution in [1.82, 2.24) is 0 Å². The van der Waals surface area contributed by atoms with Gasteiger partial charge < -0.3 is 20.2 Å². The summed E-state index contributed by atoms with van der Waals surface area (Å²) in [5.74, 6) is -1.95. The van der Waals surface area contributed by atoms with Crippen molar-refractivity contribution >= 4 is 0 Å². The molecule has 0 unspecified atom stereocenters. The van der Waals surface area contributed by atoms with Crippen LogP contribution in [0.15, 0.2) is 17.5 Å². The molecule has 0 atom stereocenters. The normalized spacial score (nSPS) is 9.33. The van der Waals surface area contributed by atoms with Crippen LogP contribution in [-0.2, 0) is 0 Å². The van der Waals surface area contributed by atoms with Gasteiger partial charge in [0.05, 0.1) is 0 Å². The quantitative estimate of drug-likeness (QED) is 0.452. The maximum Gasteiger partial charge on any atom is 0.244 e. The molecular formula is C6H5NO5. The number of nitrogens with zero attached hydrogens (tertiary/aromatic N) is 1. The summed E-state index contributed by atoms with van der Waals surface area (Å²) >= 11 is 0. The van der Waals surface area contributed by atoms with E-state index < -0.39 is 17.2 Å². The zero-order valence-electron chi connectivity index (χ0n) is 5.76. The van der Waals surface area contributed by atoms with E-state index in [1.807, 2.05) is 5.34 Å². The van der Waals surface area contributed by atoms with E-state index in [1.54, 1.807) is 0 Å². The summed E-state index contributed by atoms with van der Waals surface area (Å²) in [4.78, 5) is 13.6. The Hall–Kier alpha value is -1.98. The first kappa shape index (κ1) is 8.12. The Bertz CT molecular complexity index is 288. The summed E-state index contributed by atoms with van der Waals surface area (Å²) < 4.78 is 0. The molecule has 0 saturated carbocycles. The highest BCUT2D eigenvalue weighted by Crippen LogP contribution is 2.39. The first-order valence-electron chi connectivity index (χ1n) is 2.89. The lowest BCUT2D eigenvalue weighted by molar-refractivity contribution is 0.292. The van der Waals surface area contributed by atoms with Gasteiger partial charge in [-0.1, -0.05) is 0 Å². The highest BCUT2D eigenvalue weighted by atomic mass is 16.7. The molecule has 1 aromatic carbocycles. The van der Waals surface area contributed by atoms with Gasteiger partial charge in [-0.15, -0.1) is 4.91 Å². The number of benzene rings is 1. The average molecular weight is 171 g/mol. The van der Waals surface area contributed by atoms with Crippen LogP contribution in [0.25, 0.3) is 0 Å². The van der Waals surface area contributed by atoms with E-state index in [9.17, 15) is 4.91 Å². The number of hydrogen-bond acceptors (Lipinski definition) is 6. The molecule has 0 aromatic heterocycles. The minimum Gasteiger partial charge on any atom is -0.508 e. The molecule has 0 amide bonds. The minimum absolute atomic E-state index is 0.344. The predicted octanol–water partition coefficient (Wildman–Crippen LogP) is 0.864. The molecule has 6 nitrogen and oxygen atoms in total. The summed E-state index contributed by atoms with van der Waals surface area (Å²) in [6, 6.07) is 1.81. The van der Waals surface area contributed by atoms with Gasteiger partial charge in [-0.2, -0.15) is 0 Å². The fraction of sp³-hybridized carbons (Fsp3) is 0. The van der Waals surface area contributed by atoms with Gasteiger partial charge in [0.25, 0.3) is 0 Å². The van der Waals surface area contributed by atoms with Crippen LogP contribution in [0.1, 0.15) is 0 Å². The topological polar surface area (TPSA) is 99.4 Å². The molecule has 12 heavy (non-hydrogen) atoms. The second kappa shape index (κ2) is 2.95. The number of phenolic OH excluding ortho intramolecular Hbond substituents is 3. The zero-order valence-corrected chi connectivity index (χ0v) is 5.76. The highest BCUT2D eigenvalue weighted by molar-refractivity contribution is 5.53. The Balaban J connectivity index is 3.18. The van der Waals surface area contributed by atoms with Crippen molar-refractivity contribution in [2.24, 2.45) is 5.34 Å². The lowest BCUT2D eigenvalue weighted by Crippen LogP contribution is -1.82. The summed E-state index contributed by atoms with van der Waals surface area (Å²) in [6.07, 6.45) is 0. The summed E-state index contributed by atoms with van der Waals surface area (Å²) in [6.45, 7) is 0. The van der Waals surface area contributed by atoms with Crippen molar-refractivity contribution in [3.63, 3.8) is 0 Å². The third-order valence-electron chi connectivity index (χ3n) is 1.16. The summed E-state index contributed by atoms with van der Waals surface area (Å²) in [7, 11) is 0. The van der Waals surface area contributed by atoms with E-state index in [2.05, 4.69) is 4.84 Å². The lowest BCUT2D eigenvalue weighted by Gasteiger charge is -2.02. The van der Waals surface area contributed by atoms with Gasteiger partial charge in [-0.25, -0.2) is 0 Å². The van der Waals surface area contributed by atoms with Crippen molar-refractivity contribution in [3.05, 3.63) is 17.0 Å². The summed E-state index contributed by atoms with van der Waals surface area (Å²) in [5, 5.41) is 28.7. The highest BCUT2D eigenvalue weighted by Gasteiger charge is 2.11. The Labute approximate surface area is 66.6 Å². The van der Waals surface area contributed by atoms with Crippen molar-refractivity contribution in [1.29, 1.82) is 0 Å². The second-order valence-electron chi connectivity index (χ2n) is 1.98. The molecule has 0 radical (unpaired) electrons. The molecule has 0 aliphatic heterocycles. The van der Waals surface area contributed by atoms with Crippen LogP contribution >= 0.6 is 0 Å². The number of aromatic hydroxyl groups is 3. The molecular weight excluding hydrogens is 166 g/mol. The predicted molar refractivity (Wildman–Crippen MR) is 37.9 cm³/mol. The monoisotopic (exact) mass is 171 g/mol. The molecule has 0 bridgehead atoms. The van der Waals surface area contributed by atoms with Gasteiger partial charge in [-0.05, 0) is 0 Å². The van der Waals surface area contributed by atoms with Crippen LogP contribution in [0.4, 0.5) is 0 Å². The Morgan fingerprint density at radius 1 is 1.17 bits per heavy atom. The van der Waals surface area contributed by atoms with Crippen LogP contribution in [0.2, 0.25) is 0 Å². The molecule has 0 saturated heterocycles. The van der Waals surface area contributed by atoms with Crippen LogP contribution in [0.3, 0.4) is 0 Å². The Morgan fingerprint density at radius 2 is 1.67 bits per heavy atom. The third-order valence-corrected chi connectivity index (χ3v) is 1.16. The van der Waals surface area contributed by atoms with Gasteiger partial charge >= 0.3 is 0 Å². The van der Waals surface area contributed by atoms with E-state index >= 15 is 0 Å². The summed E-state index contributed by atoms with van der Waals surface area (Å²) in [5.41, 5.74) is 0. The molecule has 0 heterocycles. The number of phenols is 3. The first-order valence-corrected chi connectivity index (χ1v) is 2.89. The number of hydrogen-bond donors (Lipinski definition) is 3.